The van der Waals surface area contributed by atoms with Gasteiger partial charge in [0.2, 0.25) is 11.0 Å². The van der Waals surface area contributed by atoms with Crippen LogP contribution in [0, 0.1) is 0 Å². The number of hydrogen-bond acceptors (Lipinski definition) is 6. The van der Waals surface area contributed by atoms with E-state index in [-0.39, 0.29) is 0 Å². The quantitative estimate of drug-likeness (QED) is 0.440. The summed E-state index contributed by atoms with van der Waals surface area (Å²) in [4.78, 5) is 4.31. The van der Waals surface area contributed by atoms with E-state index in [9.17, 15) is 0 Å². The van der Waals surface area contributed by atoms with Gasteiger partial charge in [0.1, 0.15) is 0 Å². The third-order valence-electron chi connectivity index (χ3n) is 3.50. The average molecular weight is 404 g/mol. The summed E-state index contributed by atoms with van der Waals surface area (Å²) in [6, 6.07) is 14.7. The van der Waals surface area contributed by atoms with Crippen molar-refractivity contribution in [2.45, 2.75) is 10.9 Å². The molecule has 130 valence electrons. The van der Waals surface area contributed by atoms with Gasteiger partial charge in [0.25, 0.3) is 0 Å². The molecule has 0 N–H and O–H groups in total. The van der Waals surface area contributed by atoms with Gasteiger partial charge in [-0.15, -0.1) is 5.10 Å². The summed E-state index contributed by atoms with van der Waals surface area (Å²) in [5.41, 5.74) is 1.71. The Morgan fingerprint density at radius 3 is 2.69 bits per heavy atom. The molecule has 6 nitrogen and oxygen atoms in total. The normalized spacial score (nSPS) is 11.0. The number of oxazole rings is 1. The third kappa shape index (κ3) is 3.75. The second kappa shape index (κ2) is 7.49. The van der Waals surface area contributed by atoms with Crippen LogP contribution in [-0.2, 0) is 5.75 Å². The highest BCUT2D eigenvalue weighted by molar-refractivity contribution is 7.98. The topological polar surface area (TPSA) is 69.6 Å². The molecule has 2 aromatic carbocycles. The summed E-state index contributed by atoms with van der Waals surface area (Å²) in [5.74, 6) is 1.74. The number of thioether (sulfide) groups is 1. The lowest BCUT2D eigenvalue weighted by Crippen LogP contribution is -1.98. The lowest BCUT2D eigenvalue weighted by molar-refractivity contribution is 0.529. The molecule has 0 saturated carbocycles. The Morgan fingerprint density at radius 1 is 1.04 bits per heavy atom. The second-order valence-electron chi connectivity index (χ2n) is 5.27. The zero-order valence-corrected chi connectivity index (χ0v) is 15.5. The molecule has 26 heavy (non-hydrogen) atoms. The number of hydrogen-bond donors (Lipinski definition) is 0. The molecule has 0 saturated heterocycles. The van der Waals surface area contributed by atoms with Crippen LogP contribution in [0.5, 0.6) is 0 Å². The van der Waals surface area contributed by atoms with Crippen molar-refractivity contribution in [3.05, 3.63) is 70.7 Å². The van der Waals surface area contributed by atoms with Gasteiger partial charge in [0.05, 0.1) is 17.6 Å². The molecule has 0 spiro atoms. The predicted octanol–water partition coefficient (Wildman–Crippen LogP) is 4.92. The standard InChI is InChI=1S/C17H11Cl2N5OS/c18-12-4-6-14(7-5-12)24-17(21-22-23-24)26-10-16-20-9-15(25-16)11-2-1-3-13(19)8-11/h1-9H,10H2. The highest BCUT2D eigenvalue weighted by Crippen LogP contribution is 2.27. The molecule has 4 aromatic rings. The number of aromatic nitrogens is 5. The van der Waals surface area contributed by atoms with Crippen molar-refractivity contribution < 1.29 is 4.42 Å². The second-order valence-corrected chi connectivity index (χ2v) is 7.08. The maximum Gasteiger partial charge on any atom is 0.214 e. The average Bonchev–Trinajstić information content (AvgIpc) is 3.30. The summed E-state index contributed by atoms with van der Waals surface area (Å²) in [7, 11) is 0. The molecule has 2 aromatic heterocycles. The number of halogens is 2. The highest BCUT2D eigenvalue weighted by Gasteiger charge is 2.12. The van der Waals surface area contributed by atoms with Crippen LogP contribution in [0.1, 0.15) is 5.89 Å². The van der Waals surface area contributed by atoms with Gasteiger partial charge in [0, 0.05) is 15.6 Å². The number of rotatable bonds is 5. The van der Waals surface area contributed by atoms with E-state index in [1.165, 1.54) is 11.8 Å². The van der Waals surface area contributed by atoms with Crippen LogP contribution >= 0.6 is 35.0 Å². The van der Waals surface area contributed by atoms with Gasteiger partial charge >= 0.3 is 0 Å². The van der Waals surface area contributed by atoms with Crippen molar-refractivity contribution in [1.82, 2.24) is 25.2 Å². The fourth-order valence-corrected chi connectivity index (χ4v) is 3.35. The molecule has 0 bridgehead atoms. The molecular weight excluding hydrogens is 393 g/mol. The Balaban J connectivity index is 1.49. The smallest absolute Gasteiger partial charge is 0.214 e. The summed E-state index contributed by atoms with van der Waals surface area (Å²) in [6.07, 6.45) is 1.68. The molecule has 0 aliphatic rings. The minimum atomic E-state index is 0.495. The fourth-order valence-electron chi connectivity index (χ4n) is 2.29. The van der Waals surface area contributed by atoms with Crippen LogP contribution in [-0.4, -0.2) is 25.2 Å². The molecule has 0 aliphatic heterocycles. The summed E-state index contributed by atoms with van der Waals surface area (Å²) >= 11 is 13.4. The molecule has 0 unspecified atom stereocenters. The Kier molecular flexibility index (Phi) is 4.92. The first-order valence-electron chi connectivity index (χ1n) is 7.57. The van der Waals surface area contributed by atoms with Crippen molar-refractivity contribution in [3.63, 3.8) is 0 Å². The van der Waals surface area contributed by atoms with Crippen molar-refractivity contribution in [3.8, 4) is 17.0 Å². The largest absolute Gasteiger partial charge is 0.440 e. The van der Waals surface area contributed by atoms with Crippen LogP contribution in [0.15, 0.2) is 64.3 Å². The van der Waals surface area contributed by atoms with E-state index in [0.717, 1.165) is 11.3 Å². The van der Waals surface area contributed by atoms with Crippen LogP contribution in [0.25, 0.3) is 17.0 Å². The lowest BCUT2D eigenvalue weighted by Gasteiger charge is -2.03. The van der Waals surface area contributed by atoms with Crippen molar-refractivity contribution in [2.24, 2.45) is 0 Å². The summed E-state index contributed by atoms with van der Waals surface area (Å²) in [5, 5.41) is 13.7. The van der Waals surface area contributed by atoms with Gasteiger partial charge < -0.3 is 4.42 Å². The maximum absolute atomic E-state index is 6.02. The highest BCUT2D eigenvalue weighted by atomic mass is 35.5. The number of nitrogens with zero attached hydrogens (tertiary/aromatic N) is 5. The Morgan fingerprint density at radius 2 is 1.88 bits per heavy atom. The predicted molar refractivity (Wildman–Crippen MR) is 101 cm³/mol. The van der Waals surface area contributed by atoms with E-state index >= 15 is 0 Å². The van der Waals surface area contributed by atoms with Gasteiger partial charge in [-0.2, -0.15) is 4.68 Å². The third-order valence-corrected chi connectivity index (χ3v) is 4.89. The van der Waals surface area contributed by atoms with Crippen molar-refractivity contribution in [2.75, 3.05) is 0 Å². The zero-order valence-electron chi connectivity index (χ0n) is 13.2. The van der Waals surface area contributed by atoms with Crippen LogP contribution in [0.2, 0.25) is 10.0 Å². The fraction of sp³-hybridized carbons (Fsp3) is 0.0588. The Labute approximate surface area is 163 Å². The molecule has 0 amide bonds. The maximum atomic E-state index is 6.02. The van der Waals surface area contributed by atoms with E-state index in [1.807, 2.05) is 36.4 Å². The van der Waals surface area contributed by atoms with Gasteiger partial charge in [-0.3, -0.25) is 0 Å². The first-order chi connectivity index (χ1) is 12.7. The molecule has 0 fully saturated rings. The van der Waals surface area contributed by atoms with E-state index in [0.29, 0.717) is 32.6 Å². The number of benzene rings is 2. The first kappa shape index (κ1) is 17.1. The van der Waals surface area contributed by atoms with Crippen LogP contribution in [0.4, 0.5) is 0 Å². The first-order valence-corrected chi connectivity index (χ1v) is 9.31. The SMILES string of the molecule is Clc1ccc(-n2nnnc2SCc2ncc(-c3cccc(Cl)c3)o2)cc1. The van der Waals surface area contributed by atoms with Crippen molar-refractivity contribution in [1.29, 1.82) is 0 Å². The Hall–Kier alpha value is -2.35. The van der Waals surface area contributed by atoms with E-state index in [4.69, 9.17) is 27.6 Å². The van der Waals surface area contributed by atoms with Crippen LogP contribution in [0.3, 0.4) is 0 Å². The molecular formula is C17H11Cl2N5OS. The van der Waals surface area contributed by atoms with E-state index in [2.05, 4.69) is 20.5 Å². The molecule has 4 rings (SSSR count). The summed E-state index contributed by atoms with van der Waals surface area (Å²) in [6.45, 7) is 0. The van der Waals surface area contributed by atoms with E-state index in [1.54, 1.807) is 23.0 Å². The monoisotopic (exact) mass is 403 g/mol. The van der Waals surface area contributed by atoms with Crippen molar-refractivity contribution >= 4 is 35.0 Å². The molecule has 0 atom stereocenters. The summed E-state index contributed by atoms with van der Waals surface area (Å²) < 4.78 is 7.44. The molecule has 0 aliphatic carbocycles. The van der Waals surface area contributed by atoms with Gasteiger partial charge in [-0.1, -0.05) is 47.1 Å². The molecule has 2 heterocycles. The minimum absolute atomic E-state index is 0.495. The van der Waals surface area contributed by atoms with E-state index < -0.39 is 0 Å². The Bertz CT molecular complexity index is 1030. The van der Waals surface area contributed by atoms with Gasteiger partial charge in [-0.05, 0) is 46.8 Å². The number of tetrazole rings is 1. The van der Waals surface area contributed by atoms with Crippen LogP contribution < -0.4 is 0 Å². The molecule has 0 radical (unpaired) electrons. The van der Waals surface area contributed by atoms with Gasteiger partial charge in [-0.25, -0.2) is 4.98 Å². The minimum Gasteiger partial charge on any atom is -0.440 e. The zero-order chi connectivity index (χ0) is 17.9. The molecule has 9 heteroatoms. The lowest BCUT2D eigenvalue weighted by atomic mass is 10.2. The van der Waals surface area contributed by atoms with Gasteiger partial charge in [0.15, 0.2) is 5.76 Å².